The van der Waals surface area contributed by atoms with E-state index >= 15 is 0 Å². The Bertz CT molecular complexity index is 60.0. The molecule has 3 heteroatoms. The van der Waals surface area contributed by atoms with Gasteiger partial charge < -0.3 is 5.11 Å². The fourth-order valence-corrected chi connectivity index (χ4v) is 1.24. The molecule has 0 aromatic carbocycles. The molecule has 0 aromatic heterocycles. The van der Waals surface area contributed by atoms with Crippen LogP contribution >= 0.6 is 24.8 Å². The van der Waals surface area contributed by atoms with Crippen LogP contribution in [-0.2, 0) is 0 Å². The second-order valence-electron chi connectivity index (χ2n) is 2.91. The summed E-state index contributed by atoms with van der Waals surface area (Å²) in [4.78, 5) is 0. The third-order valence-electron chi connectivity index (χ3n) is 1.99. The van der Waals surface area contributed by atoms with Crippen molar-refractivity contribution in [1.82, 2.24) is 0 Å². The first-order chi connectivity index (χ1) is 3.79. The molecule has 0 radical (unpaired) electrons. The van der Waals surface area contributed by atoms with Crippen molar-refractivity contribution in [3.8, 4) is 0 Å². The molecule has 0 spiro atoms. The Hall–Kier alpha value is 0.540. The smallest absolute Gasteiger partial charge is 0.0540 e. The van der Waals surface area contributed by atoms with Crippen LogP contribution in [0, 0.1) is 5.92 Å². The van der Waals surface area contributed by atoms with Crippen molar-refractivity contribution in [2.45, 2.75) is 38.7 Å². The Morgan fingerprint density at radius 3 is 1.70 bits per heavy atom. The fourth-order valence-electron chi connectivity index (χ4n) is 1.24. The van der Waals surface area contributed by atoms with E-state index < -0.39 is 0 Å². The van der Waals surface area contributed by atoms with E-state index in [9.17, 15) is 0 Å². The summed E-state index contributed by atoms with van der Waals surface area (Å²) in [7, 11) is 0. The molecule has 10 heavy (non-hydrogen) atoms. The molecule has 0 aromatic rings. The molecule has 1 fully saturated rings. The average Bonchev–Trinajstić information content (AvgIpc) is 1.77. The van der Waals surface area contributed by atoms with Gasteiger partial charge in [0.15, 0.2) is 0 Å². The van der Waals surface area contributed by atoms with Crippen molar-refractivity contribution in [1.29, 1.82) is 0 Å². The molecule has 0 atom stereocenters. The van der Waals surface area contributed by atoms with Crippen LogP contribution in [0.15, 0.2) is 0 Å². The van der Waals surface area contributed by atoms with Gasteiger partial charge in [-0.05, 0) is 31.6 Å². The number of aliphatic hydroxyl groups is 1. The van der Waals surface area contributed by atoms with Crippen molar-refractivity contribution in [3.63, 3.8) is 0 Å². The molecule has 0 heterocycles. The number of hydrogen-bond donors (Lipinski definition) is 1. The van der Waals surface area contributed by atoms with Crippen LogP contribution in [0.1, 0.15) is 32.6 Å². The second-order valence-corrected chi connectivity index (χ2v) is 2.91. The van der Waals surface area contributed by atoms with Crippen molar-refractivity contribution in [2.75, 3.05) is 0 Å². The second kappa shape index (κ2) is 6.26. The molecule has 0 aliphatic heterocycles. The van der Waals surface area contributed by atoms with E-state index in [4.69, 9.17) is 5.11 Å². The van der Waals surface area contributed by atoms with Crippen LogP contribution < -0.4 is 0 Å². The first kappa shape index (κ1) is 13.2. The summed E-state index contributed by atoms with van der Waals surface area (Å²) in [5.41, 5.74) is 0. The topological polar surface area (TPSA) is 20.2 Å². The van der Waals surface area contributed by atoms with Crippen molar-refractivity contribution >= 4 is 24.8 Å². The number of aliphatic hydroxyl groups excluding tert-OH is 1. The Labute approximate surface area is 75.0 Å². The maximum absolute atomic E-state index is 9.03. The summed E-state index contributed by atoms with van der Waals surface area (Å²) in [6.45, 7) is 2.26. The summed E-state index contributed by atoms with van der Waals surface area (Å²) < 4.78 is 0. The predicted molar refractivity (Wildman–Crippen MR) is 48.1 cm³/mol. The third-order valence-corrected chi connectivity index (χ3v) is 1.99. The van der Waals surface area contributed by atoms with Crippen LogP contribution in [0.4, 0.5) is 0 Å². The first-order valence-corrected chi connectivity index (χ1v) is 3.47. The Morgan fingerprint density at radius 2 is 1.40 bits per heavy atom. The van der Waals surface area contributed by atoms with Gasteiger partial charge >= 0.3 is 0 Å². The van der Waals surface area contributed by atoms with Gasteiger partial charge in [0.2, 0.25) is 0 Å². The number of hydrogen-bond acceptors (Lipinski definition) is 1. The van der Waals surface area contributed by atoms with E-state index in [1.54, 1.807) is 0 Å². The zero-order valence-electron chi connectivity index (χ0n) is 6.25. The minimum Gasteiger partial charge on any atom is -0.393 e. The lowest BCUT2D eigenvalue weighted by Crippen LogP contribution is -2.15. The van der Waals surface area contributed by atoms with E-state index in [-0.39, 0.29) is 30.9 Å². The highest BCUT2D eigenvalue weighted by Gasteiger charge is 2.14. The van der Waals surface area contributed by atoms with Gasteiger partial charge in [-0.3, -0.25) is 0 Å². The molecule has 1 rings (SSSR count). The molecule has 1 nitrogen and oxygen atoms in total. The Balaban J connectivity index is 0. The lowest BCUT2D eigenvalue weighted by Gasteiger charge is -2.21. The van der Waals surface area contributed by atoms with Gasteiger partial charge in [-0.25, -0.2) is 0 Å². The molecular weight excluding hydrogens is 171 g/mol. The van der Waals surface area contributed by atoms with Crippen molar-refractivity contribution < 1.29 is 5.11 Å². The SMILES string of the molecule is CC1CCC(O)CC1.Cl.Cl. The first-order valence-electron chi connectivity index (χ1n) is 3.47. The summed E-state index contributed by atoms with van der Waals surface area (Å²) in [5, 5.41) is 9.03. The molecular formula is C7H16Cl2O. The van der Waals surface area contributed by atoms with E-state index in [2.05, 4.69) is 6.92 Å². The zero-order valence-corrected chi connectivity index (χ0v) is 7.88. The highest BCUT2D eigenvalue weighted by atomic mass is 35.5. The van der Waals surface area contributed by atoms with Crippen LogP contribution in [-0.4, -0.2) is 11.2 Å². The van der Waals surface area contributed by atoms with Crippen LogP contribution in [0.25, 0.3) is 0 Å². The van der Waals surface area contributed by atoms with E-state index in [1.807, 2.05) is 0 Å². The van der Waals surface area contributed by atoms with Crippen molar-refractivity contribution in [2.24, 2.45) is 5.92 Å². The molecule has 0 unspecified atom stereocenters. The Kier molecular flexibility index (Phi) is 8.24. The maximum Gasteiger partial charge on any atom is 0.0540 e. The molecule has 1 aliphatic carbocycles. The van der Waals surface area contributed by atoms with E-state index in [1.165, 1.54) is 12.8 Å². The number of halogens is 2. The molecule has 1 saturated carbocycles. The normalized spacial score (nSPS) is 31.8. The van der Waals surface area contributed by atoms with Gasteiger partial charge in [0.1, 0.15) is 0 Å². The highest BCUT2D eigenvalue weighted by Crippen LogP contribution is 2.22. The zero-order chi connectivity index (χ0) is 5.98. The fraction of sp³-hybridized carbons (Fsp3) is 1.00. The monoisotopic (exact) mass is 186 g/mol. The van der Waals surface area contributed by atoms with E-state index in [0.717, 1.165) is 18.8 Å². The molecule has 0 saturated heterocycles. The van der Waals surface area contributed by atoms with Gasteiger partial charge in [-0.1, -0.05) is 6.92 Å². The lowest BCUT2D eigenvalue weighted by molar-refractivity contribution is 0.112. The standard InChI is InChI=1S/C7H14O.2ClH/c1-6-2-4-7(8)5-3-6;;/h6-8H,2-5H2,1H3;2*1H. The highest BCUT2D eigenvalue weighted by molar-refractivity contribution is 5.85. The largest absolute Gasteiger partial charge is 0.393 e. The summed E-state index contributed by atoms with van der Waals surface area (Å²) in [5.74, 6) is 0.860. The molecule has 1 N–H and O–H groups in total. The Morgan fingerprint density at radius 1 is 1.00 bits per heavy atom. The van der Waals surface area contributed by atoms with Gasteiger partial charge in [0.25, 0.3) is 0 Å². The van der Waals surface area contributed by atoms with Gasteiger partial charge in [0.05, 0.1) is 6.10 Å². The summed E-state index contributed by atoms with van der Waals surface area (Å²) >= 11 is 0. The van der Waals surface area contributed by atoms with Gasteiger partial charge in [0, 0.05) is 0 Å². The van der Waals surface area contributed by atoms with Gasteiger partial charge in [-0.2, -0.15) is 0 Å². The maximum atomic E-state index is 9.03. The lowest BCUT2D eigenvalue weighted by atomic mass is 9.89. The summed E-state index contributed by atoms with van der Waals surface area (Å²) in [6.07, 6.45) is 4.52. The minimum atomic E-state index is 0. The molecule has 1 aliphatic rings. The minimum absolute atomic E-state index is 0. The predicted octanol–water partition coefficient (Wildman–Crippen LogP) is 2.40. The molecule has 64 valence electrons. The quantitative estimate of drug-likeness (QED) is 0.617. The van der Waals surface area contributed by atoms with Gasteiger partial charge in [-0.15, -0.1) is 24.8 Å². The van der Waals surface area contributed by atoms with Crippen molar-refractivity contribution in [3.05, 3.63) is 0 Å². The average molecular weight is 187 g/mol. The molecule has 0 amide bonds. The van der Waals surface area contributed by atoms with E-state index in [0.29, 0.717) is 0 Å². The number of rotatable bonds is 0. The van der Waals surface area contributed by atoms with Crippen LogP contribution in [0.2, 0.25) is 0 Å². The third kappa shape index (κ3) is 4.37. The molecule has 0 bridgehead atoms. The van der Waals surface area contributed by atoms with Crippen LogP contribution in [0.3, 0.4) is 0 Å². The van der Waals surface area contributed by atoms with Crippen LogP contribution in [0.5, 0.6) is 0 Å². The summed E-state index contributed by atoms with van der Waals surface area (Å²) in [6, 6.07) is 0.